The van der Waals surface area contributed by atoms with E-state index in [0.717, 1.165) is 6.07 Å². The zero-order valence-electron chi connectivity index (χ0n) is 11.7. The molecule has 0 spiro atoms. The van der Waals surface area contributed by atoms with Gasteiger partial charge in [-0.2, -0.15) is 4.98 Å². The van der Waals surface area contributed by atoms with E-state index in [1.54, 1.807) is 0 Å². The Morgan fingerprint density at radius 1 is 1.19 bits per heavy atom. The molecule has 1 atom stereocenters. The largest absolute Gasteiger partial charge is 0.480 e. The molecule has 0 radical (unpaired) electrons. The molecule has 2 rings (SSSR count). The fourth-order valence-electron chi connectivity index (χ4n) is 1.94. The van der Waals surface area contributed by atoms with Crippen LogP contribution in [0.15, 0.2) is 24.4 Å². The van der Waals surface area contributed by atoms with Crippen molar-refractivity contribution >= 4 is 0 Å². The molecule has 112 valence electrons. The summed E-state index contributed by atoms with van der Waals surface area (Å²) in [6.45, 7) is 1.28. The summed E-state index contributed by atoms with van der Waals surface area (Å²) in [5.74, 6) is -2.08. The second-order valence-electron chi connectivity index (χ2n) is 4.44. The quantitative estimate of drug-likeness (QED) is 0.935. The van der Waals surface area contributed by atoms with Gasteiger partial charge in [-0.1, -0.05) is 12.1 Å². The van der Waals surface area contributed by atoms with E-state index in [1.165, 1.54) is 39.5 Å². The van der Waals surface area contributed by atoms with Crippen molar-refractivity contribution < 1.29 is 23.4 Å². The standard InChI is InChI=1S/C14H14F2N2O3/c1-14(19,8-5-4-6-9(15)11(8)16)12-13(21-3)18-10(20-2)7-17-12/h4-7,19H,1-3H3. The average Bonchev–Trinajstić information content (AvgIpc) is 2.49. The van der Waals surface area contributed by atoms with E-state index in [9.17, 15) is 13.9 Å². The molecule has 0 aliphatic heterocycles. The van der Waals surface area contributed by atoms with Gasteiger partial charge in [-0.25, -0.2) is 13.8 Å². The molecule has 5 nitrogen and oxygen atoms in total. The van der Waals surface area contributed by atoms with Crippen molar-refractivity contribution in [3.8, 4) is 11.8 Å². The molecule has 1 N–H and O–H groups in total. The van der Waals surface area contributed by atoms with E-state index >= 15 is 0 Å². The fraction of sp³-hybridized carbons (Fsp3) is 0.286. The summed E-state index contributed by atoms with van der Waals surface area (Å²) in [5, 5.41) is 10.6. The Labute approximate surface area is 120 Å². The number of hydrogen-bond acceptors (Lipinski definition) is 5. The fourth-order valence-corrected chi connectivity index (χ4v) is 1.94. The lowest BCUT2D eigenvalue weighted by molar-refractivity contribution is 0.0877. The number of nitrogens with zero attached hydrogens (tertiary/aromatic N) is 2. The predicted molar refractivity (Wildman–Crippen MR) is 70.2 cm³/mol. The predicted octanol–water partition coefficient (Wildman–Crippen LogP) is 2.03. The molecule has 0 fully saturated rings. The number of aliphatic hydroxyl groups is 1. The van der Waals surface area contributed by atoms with E-state index in [0.29, 0.717) is 0 Å². The lowest BCUT2D eigenvalue weighted by Gasteiger charge is -2.25. The molecule has 0 saturated heterocycles. The lowest BCUT2D eigenvalue weighted by atomic mass is 9.91. The summed E-state index contributed by atoms with van der Waals surface area (Å²) < 4.78 is 37.2. The van der Waals surface area contributed by atoms with Crippen LogP contribution in [0, 0.1) is 11.6 Å². The minimum Gasteiger partial charge on any atom is -0.480 e. The monoisotopic (exact) mass is 296 g/mol. The molecular weight excluding hydrogens is 282 g/mol. The van der Waals surface area contributed by atoms with Gasteiger partial charge in [0.25, 0.3) is 0 Å². The van der Waals surface area contributed by atoms with Crippen LogP contribution in [0.2, 0.25) is 0 Å². The number of rotatable bonds is 4. The Morgan fingerprint density at radius 3 is 2.52 bits per heavy atom. The van der Waals surface area contributed by atoms with Crippen molar-refractivity contribution in [3.63, 3.8) is 0 Å². The van der Waals surface area contributed by atoms with Gasteiger partial charge in [0, 0.05) is 5.56 Å². The number of benzene rings is 1. The van der Waals surface area contributed by atoms with E-state index in [2.05, 4.69) is 9.97 Å². The topological polar surface area (TPSA) is 64.5 Å². The number of methoxy groups -OCH3 is 2. The second-order valence-corrected chi connectivity index (χ2v) is 4.44. The van der Waals surface area contributed by atoms with E-state index < -0.39 is 17.2 Å². The Hall–Kier alpha value is -2.28. The van der Waals surface area contributed by atoms with Crippen LogP contribution in [0.1, 0.15) is 18.2 Å². The van der Waals surface area contributed by atoms with Crippen molar-refractivity contribution in [1.29, 1.82) is 0 Å². The van der Waals surface area contributed by atoms with Gasteiger partial charge in [-0.3, -0.25) is 0 Å². The van der Waals surface area contributed by atoms with E-state index in [4.69, 9.17) is 9.47 Å². The third kappa shape index (κ3) is 2.64. The number of ether oxygens (including phenoxy) is 2. The van der Waals surface area contributed by atoms with Crippen LogP contribution < -0.4 is 9.47 Å². The first kappa shape index (κ1) is 15.1. The molecular formula is C14H14F2N2O3. The second kappa shape index (κ2) is 5.61. The maximum Gasteiger partial charge on any atom is 0.242 e. The van der Waals surface area contributed by atoms with Crippen LogP contribution in [0.3, 0.4) is 0 Å². The minimum absolute atomic E-state index is 0.0389. The summed E-state index contributed by atoms with van der Waals surface area (Å²) in [4.78, 5) is 7.96. The van der Waals surface area contributed by atoms with Crippen LogP contribution in [0.4, 0.5) is 8.78 Å². The molecule has 1 unspecified atom stereocenters. The van der Waals surface area contributed by atoms with Gasteiger partial charge in [0.15, 0.2) is 11.6 Å². The molecule has 1 heterocycles. The number of hydrogen-bond donors (Lipinski definition) is 1. The minimum atomic E-state index is -1.92. The molecule has 0 amide bonds. The van der Waals surface area contributed by atoms with Crippen molar-refractivity contribution in [1.82, 2.24) is 9.97 Å². The molecule has 0 aliphatic rings. The number of aromatic nitrogens is 2. The van der Waals surface area contributed by atoms with Gasteiger partial charge in [0.05, 0.1) is 20.4 Å². The highest BCUT2D eigenvalue weighted by Crippen LogP contribution is 2.35. The van der Waals surface area contributed by atoms with Gasteiger partial charge in [-0.05, 0) is 13.0 Å². The van der Waals surface area contributed by atoms with Crippen molar-refractivity contribution in [2.45, 2.75) is 12.5 Å². The highest BCUT2D eigenvalue weighted by molar-refractivity contribution is 5.38. The number of halogens is 2. The first-order valence-electron chi connectivity index (χ1n) is 6.04. The van der Waals surface area contributed by atoms with Crippen LogP contribution in [0.25, 0.3) is 0 Å². The first-order chi connectivity index (χ1) is 9.91. The summed E-state index contributed by atoms with van der Waals surface area (Å²) in [6.07, 6.45) is 1.25. The third-order valence-corrected chi connectivity index (χ3v) is 3.06. The van der Waals surface area contributed by atoms with E-state index in [1.807, 2.05) is 0 Å². The van der Waals surface area contributed by atoms with Gasteiger partial charge in [-0.15, -0.1) is 0 Å². The SMILES string of the molecule is COc1cnc(C(C)(O)c2cccc(F)c2F)c(OC)n1. The normalized spacial score (nSPS) is 13.6. The van der Waals surface area contributed by atoms with Gasteiger partial charge in [0.2, 0.25) is 11.8 Å². The van der Waals surface area contributed by atoms with Crippen LogP contribution in [-0.2, 0) is 5.60 Å². The first-order valence-corrected chi connectivity index (χ1v) is 6.04. The summed E-state index contributed by atoms with van der Waals surface area (Å²) in [6, 6.07) is 3.53. The van der Waals surface area contributed by atoms with Crippen LogP contribution >= 0.6 is 0 Å². The molecule has 0 aliphatic carbocycles. The van der Waals surface area contributed by atoms with Gasteiger partial charge in [0.1, 0.15) is 11.3 Å². The Balaban J connectivity index is 2.60. The maximum absolute atomic E-state index is 13.9. The Morgan fingerprint density at radius 2 is 1.90 bits per heavy atom. The third-order valence-electron chi connectivity index (χ3n) is 3.06. The Bertz CT molecular complexity index is 663. The van der Waals surface area contributed by atoms with Crippen LogP contribution in [0.5, 0.6) is 11.8 Å². The zero-order valence-corrected chi connectivity index (χ0v) is 11.7. The van der Waals surface area contributed by atoms with Gasteiger partial charge >= 0.3 is 0 Å². The molecule has 7 heteroatoms. The zero-order chi connectivity index (χ0) is 15.6. The summed E-state index contributed by atoms with van der Waals surface area (Å²) >= 11 is 0. The highest BCUT2D eigenvalue weighted by Gasteiger charge is 2.35. The van der Waals surface area contributed by atoms with Gasteiger partial charge < -0.3 is 14.6 Å². The molecule has 21 heavy (non-hydrogen) atoms. The van der Waals surface area contributed by atoms with Crippen molar-refractivity contribution in [3.05, 3.63) is 47.3 Å². The lowest BCUT2D eigenvalue weighted by Crippen LogP contribution is -2.27. The summed E-state index contributed by atoms with van der Waals surface area (Å²) in [5.41, 5.74) is -2.23. The average molecular weight is 296 g/mol. The Kier molecular flexibility index (Phi) is 4.04. The maximum atomic E-state index is 13.9. The van der Waals surface area contributed by atoms with Crippen molar-refractivity contribution in [2.75, 3.05) is 14.2 Å². The summed E-state index contributed by atoms with van der Waals surface area (Å²) in [7, 11) is 2.72. The smallest absolute Gasteiger partial charge is 0.242 e. The van der Waals surface area contributed by atoms with Crippen molar-refractivity contribution in [2.24, 2.45) is 0 Å². The highest BCUT2D eigenvalue weighted by atomic mass is 19.2. The molecule has 1 aromatic heterocycles. The van der Waals surface area contributed by atoms with E-state index in [-0.39, 0.29) is 23.0 Å². The molecule has 2 aromatic rings. The molecule has 0 saturated carbocycles. The molecule has 1 aromatic carbocycles. The van der Waals surface area contributed by atoms with Crippen LogP contribution in [-0.4, -0.2) is 29.3 Å². The molecule has 0 bridgehead atoms.